The first-order valence-corrected chi connectivity index (χ1v) is 15.7. The maximum Gasteiger partial charge on any atom is 0.220 e. The van der Waals surface area contributed by atoms with Crippen LogP contribution in [0.5, 0.6) is 0 Å². The fourth-order valence-corrected chi connectivity index (χ4v) is 11.7. The Balaban J connectivity index is 1.03. The molecule has 0 aromatic carbocycles. The van der Waals surface area contributed by atoms with Gasteiger partial charge in [-0.2, -0.15) is 0 Å². The van der Waals surface area contributed by atoms with Gasteiger partial charge in [0.05, 0.1) is 6.10 Å². The van der Waals surface area contributed by atoms with Crippen molar-refractivity contribution in [3.8, 4) is 0 Å². The fourth-order valence-electron chi connectivity index (χ4n) is 11.7. The van der Waals surface area contributed by atoms with E-state index >= 15 is 0 Å². The molecule has 1 amide bonds. The molecule has 0 aliphatic heterocycles. The van der Waals surface area contributed by atoms with Crippen molar-refractivity contribution in [2.75, 3.05) is 6.54 Å². The Hall–Kier alpha value is -0.570. The lowest BCUT2D eigenvalue weighted by Gasteiger charge is -2.61. The van der Waals surface area contributed by atoms with Crippen molar-refractivity contribution < 1.29 is 9.90 Å². The largest absolute Gasteiger partial charge is 0.393 e. The first-order chi connectivity index (χ1) is 16.8. The van der Waals surface area contributed by atoms with Crippen LogP contribution < -0.4 is 5.32 Å². The number of aliphatic hydroxyl groups is 1. The Kier molecular flexibility index (Phi) is 6.59. The van der Waals surface area contributed by atoms with E-state index < -0.39 is 0 Å². The van der Waals surface area contributed by atoms with Crippen LogP contribution in [0.15, 0.2) is 0 Å². The fraction of sp³-hybridized carbons (Fsp3) is 0.969. The molecule has 6 saturated carbocycles. The Morgan fingerprint density at radius 2 is 1.71 bits per heavy atom. The molecule has 0 spiro atoms. The monoisotopic (exact) mass is 483 g/mol. The summed E-state index contributed by atoms with van der Waals surface area (Å²) >= 11 is 0. The quantitative estimate of drug-likeness (QED) is 0.428. The van der Waals surface area contributed by atoms with Crippen molar-refractivity contribution in [3.05, 3.63) is 0 Å². The van der Waals surface area contributed by atoms with E-state index in [0.29, 0.717) is 22.7 Å². The van der Waals surface area contributed by atoms with Crippen LogP contribution >= 0.6 is 0 Å². The van der Waals surface area contributed by atoms with Crippen molar-refractivity contribution in [3.63, 3.8) is 0 Å². The summed E-state index contributed by atoms with van der Waals surface area (Å²) in [5.41, 5.74) is 0.960. The normalized spacial score (nSPS) is 51.4. The summed E-state index contributed by atoms with van der Waals surface area (Å²) in [5.74, 6) is 7.85. The zero-order valence-electron chi connectivity index (χ0n) is 22.9. The molecule has 0 aromatic rings. The number of hydrogen-bond acceptors (Lipinski definition) is 2. The van der Waals surface area contributed by atoms with E-state index in [1.165, 1.54) is 70.6 Å². The van der Waals surface area contributed by atoms with E-state index in [1.807, 2.05) is 0 Å². The van der Waals surface area contributed by atoms with Crippen LogP contribution in [0.3, 0.4) is 0 Å². The molecule has 6 aliphatic carbocycles. The Labute approximate surface area is 215 Å². The summed E-state index contributed by atoms with van der Waals surface area (Å²) in [6.07, 6.45) is 19.1. The van der Waals surface area contributed by atoms with Gasteiger partial charge in [-0.3, -0.25) is 4.79 Å². The van der Waals surface area contributed by atoms with Crippen molar-refractivity contribution in [2.45, 2.75) is 123 Å². The molecule has 3 nitrogen and oxygen atoms in total. The Morgan fingerprint density at radius 1 is 0.914 bits per heavy atom. The van der Waals surface area contributed by atoms with E-state index in [2.05, 4.69) is 26.1 Å². The summed E-state index contributed by atoms with van der Waals surface area (Å²) in [6, 6.07) is 0. The van der Waals surface area contributed by atoms with Crippen LogP contribution in [0.25, 0.3) is 0 Å². The number of fused-ring (bicyclic) bond motifs is 7. The second-order valence-electron chi connectivity index (χ2n) is 15.1. The van der Waals surface area contributed by atoms with Crippen LogP contribution in [0, 0.1) is 64.1 Å². The highest BCUT2D eigenvalue weighted by molar-refractivity contribution is 5.75. The van der Waals surface area contributed by atoms with Gasteiger partial charge in [-0.05, 0) is 148 Å². The standard InChI is InChI=1S/C32H53NO2/c1-20(4-11-30(35)33-19-23-17-21-5-6-22(23)16-21)27-9-10-28-26-8-7-24-18-25(34)12-14-31(24,2)29(26)13-15-32(27,28)3/h20-29,34H,4-19H2,1-3H3,(H,33,35)/t20-,21?,22?,23?,24-,25-,26+,27-,28+,29-,31+,32-/m1/s1. The van der Waals surface area contributed by atoms with Gasteiger partial charge in [0.2, 0.25) is 5.91 Å². The summed E-state index contributed by atoms with van der Waals surface area (Å²) in [6.45, 7) is 8.66. The molecule has 0 heterocycles. The Bertz CT molecular complexity index is 796. The maximum absolute atomic E-state index is 12.7. The number of rotatable bonds is 6. The number of aliphatic hydroxyl groups excluding tert-OH is 1. The molecular weight excluding hydrogens is 430 g/mol. The van der Waals surface area contributed by atoms with E-state index in [-0.39, 0.29) is 6.10 Å². The van der Waals surface area contributed by atoms with Gasteiger partial charge in [-0.15, -0.1) is 0 Å². The van der Waals surface area contributed by atoms with Gasteiger partial charge in [-0.25, -0.2) is 0 Å². The van der Waals surface area contributed by atoms with Crippen molar-refractivity contribution in [1.29, 1.82) is 0 Å². The van der Waals surface area contributed by atoms with Gasteiger partial charge in [0, 0.05) is 13.0 Å². The molecule has 0 saturated heterocycles. The van der Waals surface area contributed by atoms with E-state index in [4.69, 9.17) is 0 Å². The molecule has 6 rings (SSSR count). The first kappa shape index (κ1) is 24.7. The minimum absolute atomic E-state index is 0.0410. The van der Waals surface area contributed by atoms with Crippen molar-refractivity contribution in [2.24, 2.45) is 64.1 Å². The van der Waals surface area contributed by atoms with Gasteiger partial charge < -0.3 is 10.4 Å². The number of nitrogens with one attached hydrogen (secondary N) is 1. The Morgan fingerprint density at radius 3 is 2.49 bits per heavy atom. The molecule has 35 heavy (non-hydrogen) atoms. The molecule has 2 N–H and O–H groups in total. The molecular formula is C32H53NO2. The third-order valence-corrected chi connectivity index (χ3v) is 13.7. The second-order valence-corrected chi connectivity index (χ2v) is 15.1. The molecule has 12 atom stereocenters. The molecule has 6 aliphatic rings. The number of carbonyl (C=O) groups is 1. The lowest BCUT2D eigenvalue weighted by Crippen LogP contribution is -2.54. The predicted octanol–water partition coefficient (Wildman–Crippen LogP) is 6.97. The topological polar surface area (TPSA) is 49.3 Å². The molecule has 0 radical (unpaired) electrons. The highest BCUT2D eigenvalue weighted by Crippen LogP contribution is 2.68. The number of carbonyl (C=O) groups excluding carboxylic acids is 1. The summed E-state index contributed by atoms with van der Waals surface area (Å²) in [4.78, 5) is 12.7. The third-order valence-electron chi connectivity index (χ3n) is 13.7. The average Bonchev–Trinajstić information content (AvgIpc) is 3.55. The molecule has 3 unspecified atom stereocenters. The smallest absolute Gasteiger partial charge is 0.220 e. The second kappa shape index (κ2) is 9.32. The van der Waals surface area contributed by atoms with E-state index in [0.717, 1.165) is 79.6 Å². The van der Waals surface area contributed by atoms with Gasteiger partial charge in [0.25, 0.3) is 0 Å². The van der Waals surface area contributed by atoms with Gasteiger partial charge >= 0.3 is 0 Å². The van der Waals surface area contributed by atoms with Gasteiger partial charge in [0.1, 0.15) is 0 Å². The lowest BCUT2D eigenvalue weighted by atomic mass is 9.44. The molecule has 3 heteroatoms. The molecule has 2 bridgehead atoms. The van der Waals surface area contributed by atoms with Crippen LogP contribution in [-0.2, 0) is 4.79 Å². The minimum atomic E-state index is -0.0410. The average molecular weight is 484 g/mol. The molecule has 0 aromatic heterocycles. The lowest BCUT2D eigenvalue weighted by molar-refractivity contribution is -0.130. The zero-order valence-corrected chi connectivity index (χ0v) is 22.9. The number of hydrogen-bond donors (Lipinski definition) is 2. The highest BCUT2D eigenvalue weighted by atomic mass is 16.3. The van der Waals surface area contributed by atoms with Crippen LogP contribution in [0.4, 0.5) is 0 Å². The first-order valence-electron chi connectivity index (χ1n) is 15.7. The van der Waals surface area contributed by atoms with Crippen molar-refractivity contribution in [1.82, 2.24) is 5.32 Å². The third kappa shape index (κ3) is 4.22. The van der Waals surface area contributed by atoms with Crippen molar-refractivity contribution >= 4 is 5.91 Å². The van der Waals surface area contributed by atoms with Gasteiger partial charge in [-0.1, -0.05) is 27.2 Å². The summed E-state index contributed by atoms with van der Waals surface area (Å²) in [7, 11) is 0. The zero-order chi connectivity index (χ0) is 24.4. The maximum atomic E-state index is 12.7. The van der Waals surface area contributed by atoms with E-state index in [1.54, 1.807) is 0 Å². The van der Waals surface area contributed by atoms with Gasteiger partial charge in [0.15, 0.2) is 0 Å². The highest BCUT2D eigenvalue weighted by Gasteiger charge is 2.60. The summed E-state index contributed by atoms with van der Waals surface area (Å²) in [5, 5.41) is 13.7. The van der Waals surface area contributed by atoms with Crippen LogP contribution in [-0.4, -0.2) is 23.7 Å². The molecule has 6 fully saturated rings. The summed E-state index contributed by atoms with van der Waals surface area (Å²) < 4.78 is 0. The van der Waals surface area contributed by atoms with Crippen LogP contribution in [0.2, 0.25) is 0 Å². The number of amides is 1. The van der Waals surface area contributed by atoms with Crippen LogP contribution in [0.1, 0.15) is 117 Å². The minimum Gasteiger partial charge on any atom is -0.393 e. The predicted molar refractivity (Wildman–Crippen MR) is 142 cm³/mol. The molecule has 198 valence electrons. The van der Waals surface area contributed by atoms with E-state index in [9.17, 15) is 9.90 Å². The SMILES string of the molecule is C[C@H](CCC(=O)NCC1CC2CCC1C2)[C@H]1CC[C@H]2[C@@H]3CC[C@@H]4C[C@H](O)CC[C@]4(C)[C@@H]3CC[C@]12C.